The largest absolute Gasteiger partial charge is 0.465 e. The highest BCUT2D eigenvalue weighted by molar-refractivity contribution is 5.94. The number of carboxylic acid groups (broad SMARTS) is 2. The number of hydrogen-bond acceptors (Lipinski definition) is 6. The first-order chi connectivity index (χ1) is 19.1. The van der Waals surface area contributed by atoms with E-state index in [0.29, 0.717) is 19.4 Å². The SMILES string of the molecule is C[C@H](NCCCCCCCC(Cc1ccccc1)(Cc1ccccc1)N[C@@H](C)C(=O)NC(=O)O)C(=O)NC(=O)O. The van der Waals surface area contributed by atoms with Crippen LogP contribution >= 0.6 is 0 Å². The van der Waals surface area contributed by atoms with Crippen molar-refractivity contribution in [3.05, 3.63) is 71.8 Å². The van der Waals surface area contributed by atoms with E-state index in [4.69, 9.17) is 10.2 Å². The minimum Gasteiger partial charge on any atom is -0.465 e. The first-order valence-corrected chi connectivity index (χ1v) is 13.8. The van der Waals surface area contributed by atoms with E-state index in [-0.39, 0.29) is 0 Å². The van der Waals surface area contributed by atoms with E-state index >= 15 is 0 Å². The number of hydrogen-bond donors (Lipinski definition) is 6. The molecule has 0 aliphatic rings. The molecule has 0 saturated carbocycles. The van der Waals surface area contributed by atoms with Gasteiger partial charge in [0.1, 0.15) is 0 Å². The van der Waals surface area contributed by atoms with Crippen LogP contribution in [0.2, 0.25) is 0 Å². The molecule has 0 bridgehead atoms. The predicted octanol–water partition coefficient (Wildman–Crippen LogP) is 4.10. The van der Waals surface area contributed by atoms with Crippen molar-refractivity contribution in [2.45, 2.75) is 82.8 Å². The maximum absolute atomic E-state index is 12.5. The molecule has 0 radical (unpaired) electrons. The molecule has 2 atom stereocenters. The Bertz CT molecular complexity index is 1040. The molecule has 4 amide bonds. The monoisotopic (exact) mass is 554 g/mol. The Kier molecular flexibility index (Phi) is 13.8. The van der Waals surface area contributed by atoms with Crippen LogP contribution in [-0.4, -0.2) is 58.4 Å². The Morgan fingerprint density at radius 3 is 1.62 bits per heavy atom. The zero-order valence-corrected chi connectivity index (χ0v) is 23.3. The molecule has 2 rings (SSSR count). The van der Waals surface area contributed by atoms with Crippen LogP contribution < -0.4 is 21.3 Å². The second kappa shape index (κ2) is 17.0. The summed E-state index contributed by atoms with van der Waals surface area (Å²) < 4.78 is 0. The van der Waals surface area contributed by atoms with Crippen LogP contribution in [0, 0.1) is 0 Å². The van der Waals surface area contributed by atoms with Gasteiger partial charge in [-0.05, 0) is 57.2 Å². The molecule has 0 unspecified atom stereocenters. The molecule has 2 aromatic carbocycles. The summed E-state index contributed by atoms with van der Waals surface area (Å²) in [6, 6.07) is 18.8. The van der Waals surface area contributed by atoms with Crippen LogP contribution in [0.1, 0.15) is 63.5 Å². The van der Waals surface area contributed by atoms with Crippen molar-refractivity contribution in [1.82, 2.24) is 21.3 Å². The summed E-state index contributed by atoms with van der Waals surface area (Å²) in [7, 11) is 0. The van der Waals surface area contributed by atoms with Crippen LogP contribution in [0.4, 0.5) is 9.59 Å². The van der Waals surface area contributed by atoms with Gasteiger partial charge in [-0.2, -0.15) is 0 Å². The molecule has 0 aliphatic heterocycles. The summed E-state index contributed by atoms with van der Waals surface area (Å²) >= 11 is 0. The number of amides is 4. The average Bonchev–Trinajstić information content (AvgIpc) is 2.90. The first kappa shape index (κ1) is 32.5. The predicted molar refractivity (Wildman–Crippen MR) is 153 cm³/mol. The molecule has 40 heavy (non-hydrogen) atoms. The Labute approximate surface area is 235 Å². The maximum atomic E-state index is 12.5. The Morgan fingerprint density at radius 2 is 1.12 bits per heavy atom. The summed E-state index contributed by atoms with van der Waals surface area (Å²) in [6.07, 6.45) is 4.07. The lowest BCUT2D eigenvalue weighted by molar-refractivity contribution is -0.123. The standard InChI is InChI=1S/C30H42N4O6/c1-22(26(35)32-28(37)38)31-19-13-5-3-4-12-18-30(20-24-14-8-6-9-15-24,21-25-16-10-7-11-17-25)34-23(2)27(36)33-29(39)40/h6-11,14-17,22-23,31,34H,3-5,12-13,18-21H2,1-2H3,(H,32,35)(H,33,36)(H,37,38)(H,39,40)/t22-,23-/m0/s1. The maximum Gasteiger partial charge on any atom is 0.411 e. The van der Waals surface area contributed by atoms with Crippen molar-refractivity contribution in [2.75, 3.05) is 6.54 Å². The lowest BCUT2D eigenvalue weighted by Crippen LogP contribution is -2.57. The van der Waals surface area contributed by atoms with E-state index in [1.165, 1.54) is 0 Å². The quantitative estimate of drug-likeness (QED) is 0.160. The molecule has 6 N–H and O–H groups in total. The number of benzene rings is 2. The van der Waals surface area contributed by atoms with E-state index in [9.17, 15) is 19.2 Å². The normalized spacial score (nSPS) is 12.8. The van der Waals surface area contributed by atoms with E-state index in [1.54, 1.807) is 13.8 Å². The van der Waals surface area contributed by atoms with Gasteiger partial charge in [0, 0.05) is 5.54 Å². The zero-order valence-electron chi connectivity index (χ0n) is 23.3. The number of rotatable bonds is 17. The summed E-state index contributed by atoms with van der Waals surface area (Å²) in [5.41, 5.74) is 1.78. The smallest absolute Gasteiger partial charge is 0.411 e. The number of carbonyl (C=O) groups is 4. The van der Waals surface area contributed by atoms with E-state index in [2.05, 4.69) is 34.9 Å². The van der Waals surface area contributed by atoms with Crippen molar-refractivity contribution >= 4 is 24.0 Å². The molecule has 0 fully saturated rings. The Hall–Kier alpha value is -3.76. The third-order valence-electron chi connectivity index (χ3n) is 6.82. The van der Waals surface area contributed by atoms with Gasteiger partial charge in [-0.25, -0.2) is 9.59 Å². The number of imide groups is 2. The van der Waals surface area contributed by atoms with Crippen LogP contribution in [0.25, 0.3) is 0 Å². The van der Waals surface area contributed by atoms with E-state index < -0.39 is 41.6 Å². The summed E-state index contributed by atoms with van der Waals surface area (Å²) in [6.45, 7) is 3.92. The van der Waals surface area contributed by atoms with Crippen LogP contribution in [0.15, 0.2) is 60.7 Å². The molecule has 0 saturated heterocycles. The number of nitrogens with one attached hydrogen (secondary N) is 4. The van der Waals surface area contributed by atoms with Gasteiger partial charge < -0.3 is 15.5 Å². The van der Waals surface area contributed by atoms with Gasteiger partial charge in [0.25, 0.3) is 0 Å². The lowest BCUT2D eigenvalue weighted by Gasteiger charge is -2.38. The van der Waals surface area contributed by atoms with E-state index in [1.807, 2.05) is 47.0 Å². The summed E-state index contributed by atoms with van der Waals surface area (Å²) in [4.78, 5) is 45.9. The molecule has 0 heterocycles. The molecule has 0 aromatic heterocycles. The molecule has 218 valence electrons. The minimum atomic E-state index is -1.37. The highest BCUT2D eigenvalue weighted by atomic mass is 16.4. The van der Waals surface area contributed by atoms with Gasteiger partial charge in [0.05, 0.1) is 12.1 Å². The molecular formula is C30H42N4O6. The molecule has 2 aromatic rings. The van der Waals surface area contributed by atoms with Crippen molar-refractivity contribution in [3.8, 4) is 0 Å². The Balaban J connectivity index is 2.02. The topological polar surface area (TPSA) is 157 Å². The fourth-order valence-electron chi connectivity index (χ4n) is 4.87. The van der Waals surface area contributed by atoms with Crippen molar-refractivity contribution in [2.24, 2.45) is 0 Å². The lowest BCUT2D eigenvalue weighted by atomic mass is 9.79. The van der Waals surface area contributed by atoms with Crippen LogP contribution in [0.3, 0.4) is 0 Å². The fraction of sp³-hybridized carbons (Fsp3) is 0.467. The molecule has 0 spiro atoms. The van der Waals surface area contributed by atoms with Gasteiger partial charge in [0.15, 0.2) is 0 Å². The van der Waals surface area contributed by atoms with Crippen LogP contribution in [-0.2, 0) is 22.4 Å². The zero-order chi connectivity index (χ0) is 29.4. The highest BCUT2D eigenvalue weighted by Crippen LogP contribution is 2.27. The Morgan fingerprint density at radius 1 is 0.675 bits per heavy atom. The molecule has 0 aliphatic carbocycles. The average molecular weight is 555 g/mol. The highest BCUT2D eigenvalue weighted by Gasteiger charge is 2.33. The summed E-state index contributed by atoms with van der Waals surface area (Å²) in [5, 5.41) is 28.1. The van der Waals surface area contributed by atoms with Gasteiger partial charge in [-0.15, -0.1) is 0 Å². The second-order valence-corrected chi connectivity index (χ2v) is 10.3. The van der Waals surface area contributed by atoms with E-state index in [0.717, 1.165) is 49.7 Å². The third kappa shape index (κ3) is 12.4. The second-order valence-electron chi connectivity index (χ2n) is 10.3. The van der Waals surface area contributed by atoms with Gasteiger partial charge >= 0.3 is 12.2 Å². The van der Waals surface area contributed by atoms with Crippen LogP contribution in [0.5, 0.6) is 0 Å². The summed E-state index contributed by atoms with van der Waals surface area (Å²) in [5.74, 6) is -1.16. The van der Waals surface area contributed by atoms with Gasteiger partial charge in [-0.1, -0.05) is 86.3 Å². The van der Waals surface area contributed by atoms with Gasteiger partial charge in [-0.3, -0.25) is 25.5 Å². The minimum absolute atomic E-state index is 0.480. The third-order valence-corrected chi connectivity index (χ3v) is 6.82. The number of carbonyl (C=O) groups excluding carboxylic acids is 2. The number of unbranched alkanes of at least 4 members (excludes halogenated alkanes) is 4. The first-order valence-electron chi connectivity index (χ1n) is 13.8. The molecule has 10 nitrogen and oxygen atoms in total. The fourth-order valence-corrected chi connectivity index (χ4v) is 4.87. The van der Waals surface area contributed by atoms with Crippen molar-refractivity contribution < 1.29 is 29.4 Å². The molecule has 10 heteroatoms. The molecular weight excluding hydrogens is 512 g/mol. The van der Waals surface area contributed by atoms with Crippen molar-refractivity contribution in [3.63, 3.8) is 0 Å². The van der Waals surface area contributed by atoms with Crippen molar-refractivity contribution in [1.29, 1.82) is 0 Å². The van der Waals surface area contributed by atoms with Gasteiger partial charge in [0.2, 0.25) is 11.8 Å².